The van der Waals surface area contributed by atoms with Crippen molar-refractivity contribution >= 4 is 23.0 Å². The quantitative estimate of drug-likeness (QED) is 0.619. The normalized spacial score (nSPS) is 20.5. The summed E-state index contributed by atoms with van der Waals surface area (Å²) in [6.07, 6.45) is 9.76. The number of aromatic nitrogens is 2. The van der Waals surface area contributed by atoms with Crippen molar-refractivity contribution in [2.24, 2.45) is 0 Å². The Morgan fingerprint density at radius 1 is 1.00 bits per heavy atom. The minimum absolute atomic E-state index is 0.181. The molecule has 1 atom stereocenters. The molecule has 4 nitrogen and oxygen atoms in total. The van der Waals surface area contributed by atoms with Crippen molar-refractivity contribution in [1.82, 2.24) is 14.5 Å². The van der Waals surface area contributed by atoms with Gasteiger partial charge in [0.15, 0.2) is 0 Å². The highest BCUT2D eigenvalue weighted by molar-refractivity contribution is 5.81. The average molecular weight is 386 g/mol. The molecule has 4 heteroatoms. The van der Waals surface area contributed by atoms with E-state index in [9.17, 15) is 4.79 Å². The summed E-state index contributed by atoms with van der Waals surface area (Å²) in [6, 6.07) is 19.1. The topological polar surface area (TPSA) is 38.1 Å². The summed E-state index contributed by atoms with van der Waals surface area (Å²) in [7, 11) is 0. The Morgan fingerprint density at radius 3 is 2.59 bits per heavy atom. The molecule has 3 aromatic rings. The molecule has 1 aromatic heterocycles. The molecule has 2 aliphatic rings. The van der Waals surface area contributed by atoms with Gasteiger partial charge in [-0.2, -0.15) is 0 Å². The number of rotatable bonds is 5. The first-order chi connectivity index (χ1) is 14.3. The van der Waals surface area contributed by atoms with Crippen molar-refractivity contribution in [3.05, 3.63) is 72.1 Å². The first-order valence-corrected chi connectivity index (χ1v) is 10.8. The van der Waals surface area contributed by atoms with E-state index >= 15 is 0 Å². The van der Waals surface area contributed by atoms with E-state index in [1.54, 1.807) is 0 Å². The monoisotopic (exact) mass is 385 g/mol. The third-order valence-electron chi connectivity index (χ3n) is 6.37. The van der Waals surface area contributed by atoms with Crippen LogP contribution in [0, 0.1) is 0 Å². The first-order valence-electron chi connectivity index (χ1n) is 10.8. The van der Waals surface area contributed by atoms with Gasteiger partial charge >= 0.3 is 0 Å². The third kappa shape index (κ3) is 3.59. The average Bonchev–Trinajstić information content (AvgIpc) is 3.47. The number of hydrogen-bond acceptors (Lipinski definition) is 2. The fraction of sp³-hybridized carbons (Fsp3) is 0.360. The molecule has 29 heavy (non-hydrogen) atoms. The van der Waals surface area contributed by atoms with Crippen LogP contribution in [0.2, 0.25) is 0 Å². The molecule has 0 bridgehead atoms. The number of para-hydroxylation sites is 2. The van der Waals surface area contributed by atoms with Crippen molar-refractivity contribution in [2.75, 3.05) is 6.54 Å². The molecule has 2 aromatic carbocycles. The molecule has 5 rings (SSSR count). The number of fused-ring (bicyclic) bond motifs is 1. The highest BCUT2D eigenvalue weighted by atomic mass is 16.2. The van der Waals surface area contributed by atoms with Crippen LogP contribution >= 0.6 is 0 Å². The van der Waals surface area contributed by atoms with Crippen LogP contribution in [0.3, 0.4) is 0 Å². The van der Waals surface area contributed by atoms with Gasteiger partial charge in [-0.15, -0.1) is 0 Å². The van der Waals surface area contributed by atoms with E-state index in [2.05, 4.69) is 64.1 Å². The van der Waals surface area contributed by atoms with Crippen LogP contribution < -0.4 is 0 Å². The van der Waals surface area contributed by atoms with Crippen LogP contribution in [0.5, 0.6) is 0 Å². The summed E-state index contributed by atoms with van der Waals surface area (Å²) in [5, 5.41) is 0. The number of carbonyl (C=O) groups excluding carboxylic acids is 1. The van der Waals surface area contributed by atoms with E-state index in [1.165, 1.54) is 18.4 Å². The lowest BCUT2D eigenvalue weighted by Gasteiger charge is -2.24. The molecular formula is C25H27N3O. The predicted octanol–water partition coefficient (Wildman–Crippen LogP) is 5.01. The minimum atomic E-state index is 0.181. The van der Waals surface area contributed by atoms with Gasteiger partial charge < -0.3 is 9.47 Å². The van der Waals surface area contributed by atoms with Crippen LogP contribution in [-0.2, 0) is 11.3 Å². The van der Waals surface area contributed by atoms with Gasteiger partial charge in [-0.25, -0.2) is 4.98 Å². The second kappa shape index (κ2) is 7.86. The molecule has 1 amide bonds. The molecule has 2 heterocycles. The number of carbonyl (C=O) groups is 1. The van der Waals surface area contributed by atoms with E-state index in [4.69, 9.17) is 4.98 Å². The van der Waals surface area contributed by atoms with Gasteiger partial charge in [0.05, 0.1) is 11.0 Å². The van der Waals surface area contributed by atoms with E-state index in [1.807, 2.05) is 12.1 Å². The van der Waals surface area contributed by atoms with Gasteiger partial charge in [-0.05, 0) is 30.5 Å². The minimum Gasteiger partial charge on any atom is -0.339 e. The van der Waals surface area contributed by atoms with Crippen LogP contribution in [0.1, 0.15) is 49.4 Å². The smallest absolute Gasteiger partial charge is 0.223 e. The maximum atomic E-state index is 12.7. The van der Waals surface area contributed by atoms with Gasteiger partial charge in [0.2, 0.25) is 5.91 Å². The molecular weight excluding hydrogens is 358 g/mol. The van der Waals surface area contributed by atoms with E-state index in [-0.39, 0.29) is 5.92 Å². The standard InChI is InChI=1S/C25H27N3O/c29-24-17-20(18-28(24)21-12-4-5-13-21)25-26-22-14-6-7-15-23(22)27(25)16-8-11-19-9-2-1-3-10-19/h1-3,6-11,14-15,20-21H,4-5,12-13,16-18H2/b11-8+. The SMILES string of the molecule is O=C1CC(c2nc3ccccc3n2C/C=C/c2ccccc2)CN1C1CCCC1. The first kappa shape index (κ1) is 18.2. The molecule has 1 saturated heterocycles. The van der Waals surface area contributed by atoms with Crippen LogP contribution in [-0.4, -0.2) is 32.9 Å². The fourth-order valence-electron chi connectivity index (χ4n) is 4.93. The third-order valence-corrected chi connectivity index (χ3v) is 6.37. The highest BCUT2D eigenvalue weighted by Gasteiger charge is 2.38. The van der Waals surface area contributed by atoms with Crippen molar-refractivity contribution in [1.29, 1.82) is 0 Å². The molecule has 0 spiro atoms. The fourth-order valence-corrected chi connectivity index (χ4v) is 4.93. The Kier molecular flexibility index (Phi) is 4.92. The zero-order chi connectivity index (χ0) is 19.6. The molecule has 1 aliphatic heterocycles. The lowest BCUT2D eigenvalue weighted by atomic mass is 10.1. The van der Waals surface area contributed by atoms with E-state index < -0.39 is 0 Å². The maximum Gasteiger partial charge on any atom is 0.223 e. The van der Waals surface area contributed by atoms with Crippen LogP contribution in [0.4, 0.5) is 0 Å². The lowest BCUT2D eigenvalue weighted by Crippen LogP contribution is -2.34. The second-order valence-electron chi connectivity index (χ2n) is 8.27. The van der Waals surface area contributed by atoms with Crippen molar-refractivity contribution in [3.63, 3.8) is 0 Å². The summed E-state index contributed by atoms with van der Waals surface area (Å²) in [4.78, 5) is 19.9. The highest BCUT2D eigenvalue weighted by Crippen LogP contribution is 2.35. The van der Waals surface area contributed by atoms with Gasteiger partial charge in [0.1, 0.15) is 5.82 Å². The van der Waals surface area contributed by atoms with Gasteiger partial charge in [-0.1, -0.05) is 67.5 Å². The molecule has 1 saturated carbocycles. The Bertz CT molecular complexity index is 1030. The summed E-state index contributed by atoms with van der Waals surface area (Å²) < 4.78 is 2.30. The summed E-state index contributed by atoms with van der Waals surface area (Å²) in [5.74, 6) is 1.54. The van der Waals surface area contributed by atoms with Crippen molar-refractivity contribution in [3.8, 4) is 0 Å². The number of nitrogens with zero attached hydrogens (tertiary/aromatic N) is 3. The van der Waals surface area contributed by atoms with Gasteiger partial charge in [0.25, 0.3) is 0 Å². The molecule has 2 fully saturated rings. The molecule has 0 radical (unpaired) electrons. The molecule has 1 unspecified atom stereocenters. The van der Waals surface area contributed by atoms with E-state index in [0.717, 1.165) is 42.8 Å². The van der Waals surface area contributed by atoms with Crippen LogP contribution in [0.15, 0.2) is 60.7 Å². The molecule has 0 N–H and O–H groups in total. The Balaban J connectivity index is 1.43. The number of hydrogen-bond donors (Lipinski definition) is 0. The molecule has 148 valence electrons. The van der Waals surface area contributed by atoms with Crippen molar-refractivity contribution < 1.29 is 4.79 Å². The lowest BCUT2D eigenvalue weighted by molar-refractivity contribution is -0.129. The van der Waals surface area contributed by atoms with Crippen LogP contribution in [0.25, 0.3) is 17.1 Å². The number of imidazole rings is 1. The number of benzene rings is 2. The Labute approximate surface area is 171 Å². The van der Waals surface area contributed by atoms with Gasteiger partial charge in [0, 0.05) is 31.5 Å². The predicted molar refractivity (Wildman–Crippen MR) is 117 cm³/mol. The zero-order valence-corrected chi connectivity index (χ0v) is 16.7. The Hall–Kier alpha value is -2.88. The number of allylic oxidation sites excluding steroid dienone is 1. The number of amides is 1. The Morgan fingerprint density at radius 2 is 1.76 bits per heavy atom. The zero-order valence-electron chi connectivity index (χ0n) is 16.7. The van der Waals surface area contributed by atoms with Crippen molar-refractivity contribution in [2.45, 2.75) is 50.6 Å². The summed E-state index contributed by atoms with van der Waals surface area (Å²) in [5.41, 5.74) is 3.36. The van der Waals surface area contributed by atoms with E-state index in [0.29, 0.717) is 18.4 Å². The maximum absolute atomic E-state index is 12.7. The summed E-state index contributed by atoms with van der Waals surface area (Å²) in [6.45, 7) is 1.58. The molecule has 1 aliphatic carbocycles. The summed E-state index contributed by atoms with van der Waals surface area (Å²) >= 11 is 0. The van der Waals surface area contributed by atoms with Gasteiger partial charge in [-0.3, -0.25) is 4.79 Å². The number of likely N-dealkylation sites (tertiary alicyclic amines) is 1. The largest absolute Gasteiger partial charge is 0.339 e. The second-order valence-corrected chi connectivity index (χ2v) is 8.27.